The van der Waals surface area contributed by atoms with E-state index >= 15 is 0 Å². The number of nitrogens with zero attached hydrogens (tertiary/aromatic N) is 3. The average Bonchev–Trinajstić information content (AvgIpc) is 2.99. The largest absolute Gasteiger partial charge is 0.378 e. The molecule has 3 heterocycles. The van der Waals surface area contributed by atoms with Crippen LogP contribution in [0, 0.1) is 6.92 Å². The van der Waals surface area contributed by atoms with E-state index in [1.165, 1.54) is 0 Å². The second-order valence-electron chi connectivity index (χ2n) is 4.88. The minimum absolute atomic E-state index is 0.300. The van der Waals surface area contributed by atoms with Gasteiger partial charge in [-0.2, -0.15) is 0 Å². The number of aromatic nitrogens is 3. The number of amides is 1. The number of anilines is 2. The number of pyridine rings is 2. The highest BCUT2D eigenvalue weighted by molar-refractivity contribution is 6.02. The Morgan fingerprint density at radius 3 is 2.78 bits per heavy atom. The van der Waals surface area contributed by atoms with Crippen LogP contribution in [-0.4, -0.2) is 21.0 Å². The maximum atomic E-state index is 12.0. The van der Waals surface area contributed by atoms with Crippen LogP contribution in [0.5, 0.6) is 0 Å². The van der Waals surface area contributed by atoms with Crippen LogP contribution in [0.15, 0.2) is 53.3 Å². The Morgan fingerprint density at radius 1 is 1.22 bits per heavy atom. The summed E-state index contributed by atoms with van der Waals surface area (Å²) in [5.41, 5.74) is 2.04. The van der Waals surface area contributed by atoms with E-state index in [-0.39, 0.29) is 5.91 Å². The van der Waals surface area contributed by atoms with E-state index in [0.29, 0.717) is 23.8 Å². The summed E-state index contributed by atoms with van der Waals surface area (Å²) >= 11 is 0. The zero-order valence-electron chi connectivity index (χ0n) is 12.5. The van der Waals surface area contributed by atoms with Crippen LogP contribution < -0.4 is 10.6 Å². The van der Waals surface area contributed by atoms with Crippen molar-refractivity contribution in [3.05, 3.63) is 65.9 Å². The molecule has 0 aliphatic carbocycles. The van der Waals surface area contributed by atoms with Crippen molar-refractivity contribution in [1.29, 1.82) is 0 Å². The highest BCUT2D eigenvalue weighted by Gasteiger charge is 2.10. The number of hydrogen-bond donors (Lipinski definition) is 2. The van der Waals surface area contributed by atoms with Crippen molar-refractivity contribution in [1.82, 2.24) is 15.1 Å². The molecule has 0 aromatic carbocycles. The van der Waals surface area contributed by atoms with Crippen LogP contribution in [0.4, 0.5) is 11.5 Å². The summed E-state index contributed by atoms with van der Waals surface area (Å²) < 4.78 is 4.89. The molecule has 3 aromatic heterocycles. The molecule has 0 aliphatic heterocycles. The molecule has 23 heavy (non-hydrogen) atoms. The lowest BCUT2D eigenvalue weighted by Gasteiger charge is -2.06. The van der Waals surface area contributed by atoms with Crippen molar-refractivity contribution in [2.24, 2.45) is 0 Å². The highest BCUT2D eigenvalue weighted by atomic mass is 16.5. The minimum atomic E-state index is -0.338. The van der Waals surface area contributed by atoms with Crippen LogP contribution in [0.1, 0.15) is 21.9 Å². The van der Waals surface area contributed by atoms with Gasteiger partial charge in [-0.3, -0.25) is 9.78 Å². The number of carbonyl (C=O) groups is 1. The predicted octanol–water partition coefficient (Wildman–Crippen LogP) is 2.64. The molecule has 0 atom stereocenters. The van der Waals surface area contributed by atoms with Gasteiger partial charge in [0.15, 0.2) is 5.82 Å². The van der Waals surface area contributed by atoms with Gasteiger partial charge in [-0.1, -0.05) is 11.2 Å². The van der Waals surface area contributed by atoms with Gasteiger partial charge in [-0.05, 0) is 31.2 Å². The molecule has 0 aliphatic rings. The Morgan fingerprint density at radius 2 is 2.13 bits per heavy atom. The number of aryl methyl sites for hydroxylation is 1. The fraction of sp³-hybridized carbons (Fsp3) is 0.125. The van der Waals surface area contributed by atoms with Crippen molar-refractivity contribution in [3.8, 4) is 0 Å². The molecular weight excluding hydrogens is 294 g/mol. The van der Waals surface area contributed by atoms with E-state index in [9.17, 15) is 4.79 Å². The van der Waals surface area contributed by atoms with Gasteiger partial charge in [0.2, 0.25) is 0 Å². The summed E-state index contributed by atoms with van der Waals surface area (Å²) in [7, 11) is 0. The normalized spacial score (nSPS) is 10.3. The van der Waals surface area contributed by atoms with Crippen LogP contribution in [-0.2, 0) is 6.54 Å². The number of carbonyl (C=O) groups excluding carboxylic acids is 1. The Balaban J connectivity index is 1.59. The van der Waals surface area contributed by atoms with Crippen LogP contribution in [0.25, 0.3) is 0 Å². The second kappa shape index (κ2) is 6.69. The first-order valence-electron chi connectivity index (χ1n) is 7.05. The molecule has 7 nitrogen and oxygen atoms in total. The molecule has 0 unspecified atom stereocenters. The van der Waals surface area contributed by atoms with Gasteiger partial charge in [-0.15, -0.1) is 0 Å². The first-order chi connectivity index (χ1) is 11.2. The van der Waals surface area contributed by atoms with E-state index in [0.717, 1.165) is 11.4 Å². The summed E-state index contributed by atoms with van der Waals surface area (Å²) in [4.78, 5) is 20.4. The monoisotopic (exact) mass is 309 g/mol. The van der Waals surface area contributed by atoms with Crippen molar-refractivity contribution in [3.63, 3.8) is 0 Å². The van der Waals surface area contributed by atoms with Gasteiger partial charge < -0.3 is 15.2 Å². The van der Waals surface area contributed by atoms with Crippen molar-refractivity contribution >= 4 is 17.4 Å². The van der Waals surface area contributed by atoms with E-state index in [1.54, 1.807) is 37.5 Å². The smallest absolute Gasteiger partial charge is 0.275 e. The molecule has 0 bridgehead atoms. The second-order valence-corrected chi connectivity index (χ2v) is 4.88. The van der Waals surface area contributed by atoms with E-state index in [4.69, 9.17) is 4.52 Å². The molecule has 3 aromatic rings. The number of hydrogen-bond acceptors (Lipinski definition) is 6. The molecule has 7 heteroatoms. The van der Waals surface area contributed by atoms with Gasteiger partial charge in [0.1, 0.15) is 11.5 Å². The molecule has 0 spiro atoms. The summed E-state index contributed by atoms with van der Waals surface area (Å²) in [6.07, 6.45) is 3.35. The maximum absolute atomic E-state index is 12.0. The van der Waals surface area contributed by atoms with Gasteiger partial charge in [-0.25, -0.2) is 4.98 Å². The summed E-state index contributed by atoms with van der Waals surface area (Å²) in [5.74, 6) is 0.656. The third kappa shape index (κ3) is 3.91. The molecule has 0 saturated carbocycles. The quantitative estimate of drug-likeness (QED) is 0.752. The lowest BCUT2D eigenvalue weighted by Crippen LogP contribution is -2.14. The zero-order chi connectivity index (χ0) is 16.1. The standard InChI is InChI=1S/C16H15N5O2/c1-11-8-15(21-23-11)20-16(22)14-6-5-13(10-19-14)18-9-12-4-2-3-7-17-12/h2-8,10,18H,9H2,1H3,(H,20,21,22). The van der Waals surface area contributed by atoms with Crippen molar-refractivity contribution in [2.45, 2.75) is 13.5 Å². The first-order valence-corrected chi connectivity index (χ1v) is 7.05. The third-order valence-electron chi connectivity index (χ3n) is 3.07. The molecule has 0 saturated heterocycles. The van der Waals surface area contributed by atoms with E-state index < -0.39 is 0 Å². The third-order valence-corrected chi connectivity index (χ3v) is 3.07. The fourth-order valence-corrected chi connectivity index (χ4v) is 1.93. The lowest BCUT2D eigenvalue weighted by molar-refractivity contribution is 0.102. The number of nitrogens with one attached hydrogen (secondary N) is 2. The van der Waals surface area contributed by atoms with Crippen LogP contribution in [0.3, 0.4) is 0 Å². The van der Waals surface area contributed by atoms with Crippen LogP contribution >= 0.6 is 0 Å². The summed E-state index contributed by atoms with van der Waals surface area (Å²) in [6.45, 7) is 2.34. The molecular formula is C16H15N5O2. The topological polar surface area (TPSA) is 92.9 Å². The lowest BCUT2D eigenvalue weighted by atomic mass is 10.3. The average molecular weight is 309 g/mol. The van der Waals surface area contributed by atoms with Gasteiger partial charge >= 0.3 is 0 Å². The summed E-state index contributed by atoms with van der Waals surface area (Å²) in [6, 6.07) is 10.8. The SMILES string of the molecule is Cc1cc(NC(=O)c2ccc(NCc3ccccn3)cn2)no1. The Bertz CT molecular complexity index is 784. The Labute approximate surface area is 132 Å². The molecule has 3 rings (SSSR count). The van der Waals surface area contributed by atoms with E-state index in [1.807, 2.05) is 18.2 Å². The zero-order valence-corrected chi connectivity index (χ0v) is 12.5. The van der Waals surface area contributed by atoms with Crippen molar-refractivity contribution < 1.29 is 9.32 Å². The molecule has 116 valence electrons. The highest BCUT2D eigenvalue weighted by Crippen LogP contribution is 2.11. The predicted molar refractivity (Wildman–Crippen MR) is 85.0 cm³/mol. The van der Waals surface area contributed by atoms with Crippen LogP contribution in [0.2, 0.25) is 0 Å². The van der Waals surface area contributed by atoms with Gasteiger partial charge in [0, 0.05) is 12.3 Å². The van der Waals surface area contributed by atoms with Gasteiger partial charge in [0.25, 0.3) is 5.91 Å². The number of rotatable bonds is 5. The Kier molecular flexibility index (Phi) is 4.28. The molecule has 1 amide bonds. The Hall–Kier alpha value is -3.22. The van der Waals surface area contributed by atoms with Crippen molar-refractivity contribution in [2.75, 3.05) is 10.6 Å². The molecule has 0 radical (unpaired) electrons. The van der Waals surface area contributed by atoms with E-state index in [2.05, 4.69) is 25.8 Å². The fourth-order valence-electron chi connectivity index (χ4n) is 1.93. The maximum Gasteiger partial charge on any atom is 0.275 e. The molecule has 2 N–H and O–H groups in total. The van der Waals surface area contributed by atoms with Gasteiger partial charge in [0.05, 0.1) is 24.1 Å². The first kappa shape index (κ1) is 14.7. The summed E-state index contributed by atoms with van der Waals surface area (Å²) in [5, 5.41) is 9.52. The minimum Gasteiger partial charge on any atom is -0.378 e. The molecule has 0 fully saturated rings.